The molecule has 0 saturated carbocycles. The Kier molecular flexibility index (Phi) is 7.97. The van der Waals surface area contributed by atoms with E-state index in [1.807, 2.05) is 36.4 Å². The Labute approximate surface area is 178 Å². The van der Waals surface area contributed by atoms with Crippen LogP contribution in [0.1, 0.15) is 30.0 Å². The van der Waals surface area contributed by atoms with Crippen molar-refractivity contribution in [1.29, 1.82) is 0 Å². The van der Waals surface area contributed by atoms with Crippen LogP contribution in [0.25, 0.3) is 0 Å². The SMILES string of the molecule is COc1cccc(CN[C@H](C)CCc2ccccc2)c1OCc1ccccc1Cl. The second-order valence-corrected chi connectivity index (χ2v) is 7.54. The van der Waals surface area contributed by atoms with Crippen LogP contribution in [-0.2, 0) is 19.6 Å². The lowest BCUT2D eigenvalue weighted by molar-refractivity contribution is 0.280. The van der Waals surface area contributed by atoms with Gasteiger partial charge in [-0.2, -0.15) is 0 Å². The maximum atomic E-state index is 6.27. The van der Waals surface area contributed by atoms with Crippen molar-refractivity contribution in [1.82, 2.24) is 5.32 Å². The minimum absolute atomic E-state index is 0.387. The average molecular weight is 410 g/mol. The van der Waals surface area contributed by atoms with Crippen molar-refractivity contribution >= 4 is 11.6 Å². The highest BCUT2D eigenvalue weighted by Crippen LogP contribution is 2.32. The summed E-state index contributed by atoms with van der Waals surface area (Å²) in [5, 5.41) is 4.31. The van der Waals surface area contributed by atoms with Gasteiger partial charge in [-0.25, -0.2) is 0 Å². The van der Waals surface area contributed by atoms with Gasteiger partial charge in [-0.05, 0) is 37.5 Å². The Balaban J connectivity index is 1.61. The second kappa shape index (κ2) is 10.9. The van der Waals surface area contributed by atoms with Crippen LogP contribution in [0.2, 0.25) is 5.02 Å². The number of halogens is 1. The molecule has 0 aromatic heterocycles. The lowest BCUT2D eigenvalue weighted by atomic mass is 10.1. The van der Waals surface area contributed by atoms with Crippen LogP contribution in [0.5, 0.6) is 11.5 Å². The van der Waals surface area contributed by atoms with Gasteiger partial charge in [-0.15, -0.1) is 0 Å². The van der Waals surface area contributed by atoms with Crippen LogP contribution in [0.3, 0.4) is 0 Å². The lowest BCUT2D eigenvalue weighted by Crippen LogP contribution is -2.26. The van der Waals surface area contributed by atoms with Crippen molar-refractivity contribution in [3.8, 4) is 11.5 Å². The predicted molar refractivity (Wildman–Crippen MR) is 120 cm³/mol. The summed E-state index contributed by atoms with van der Waals surface area (Å²) in [5.41, 5.74) is 3.39. The minimum Gasteiger partial charge on any atom is -0.493 e. The molecule has 0 amide bonds. The van der Waals surface area contributed by atoms with Crippen molar-refractivity contribution in [3.63, 3.8) is 0 Å². The fourth-order valence-electron chi connectivity index (χ4n) is 3.20. The summed E-state index contributed by atoms with van der Waals surface area (Å²) in [6.45, 7) is 3.33. The van der Waals surface area contributed by atoms with Gasteiger partial charge in [0.2, 0.25) is 0 Å². The standard InChI is InChI=1S/C25H28ClNO2/c1-19(15-16-20-9-4-3-5-10-20)27-17-21-12-8-14-24(28-2)25(21)29-18-22-11-6-7-13-23(22)26/h3-14,19,27H,15-18H2,1-2H3/t19-/m1/s1. The van der Waals surface area contributed by atoms with Gasteiger partial charge in [-0.1, -0.05) is 72.3 Å². The first-order chi connectivity index (χ1) is 14.2. The molecule has 152 valence electrons. The van der Waals surface area contributed by atoms with Gasteiger partial charge in [-0.3, -0.25) is 0 Å². The summed E-state index contributed by atoms with van der Waals surface area (Å²) in [7, 11) is 1.66. The van der Waals surface area contributed by atoms with Gasteiger partial charge in [0.1, 0.15) is 6.61 Å². The third kappa shape index (κ3) is 6.25. The molecular formula is C25H28ClNO2. The molecule has 3 nitrogen and oxygen atoms in total. The molecule has 0 bridgehead atoms. The van der Waals surface area contributed by atoms with Crippen LogP contribution < -0.4 is 14.8 Å². The first kappa shape index (κ1) is 21.2. The number of methoxy groups -OCH3 is 1. The van der Waals surface area contributed by atoms with Crippen molar-refractivity contribution < 1.29 is 9.47 Å². The van der Waals surface area contributed by atoms with E-state index >= 15 is 0 Å². The molecule has 1 N–H and O–H groups in total. The Hall–Kier alpha value is -2.49. The van der Waals surface area contributed by atoms with Gasteiger partial charge in [0, 0.05) is 28.7 Å². The first-order valence-electron chi connectivity index (χ1n) is 9.96. The highest BCUT2D eigenvalue weighted by molar-refractivity contribution is 6.31. The third-order valence-electron chi connectivity index (χ3n) is 4.96. The molecule has 0 aliphatic heterocycles. The van der Waals surface area contributed by atoms with Gasteiger partial charge in [0.25, 0.3) is 0 Å². The van der Waals surface area contributed by atoms with Gasteiger partial charge < -0.3 is 14.8 Å². The fourth-order valence-corrected chi connectivity index (χ4v) is 3.39. The van der Waals surface area contributed by atoms with Gasteiger partial charge >= 0.3 is 0 Å². The normalized spacial score (nSPS) is 11.8. The fraction of sp³-hybridized carbons (Fsp3) is 0.280. The molecule has 29 heavy (non-hydrogen) atoms. The monoisotopic (exact) mass is 409 g/mol. The number of rotatable bonds is 10. The quantitative estimate of drug-likeness (QED) is 0.443. The van der Waals surface area contributed by atoms with Gasteiger partial charge in [0.15, 0.2) is 11.5 Å². The molecule has 0 fully saturated rings. The van der Waals surface area contributed by atoms with Crippen molar-refractivity contribution in [2.24, 2.45) is 0 Å². The topological polar surface area (TPSA) is 30.5 Å². The molecule has 3 rings (SSSR count). The largest absolute Gasteiger partial charge is 0.493 e. The molecule has 0 radical (unpaired) electrons. The summed E-state index contributed by atoms with van der Waals surface area (Å²) in [6.07, 6.45) is 2.13. The lowest BCUT2D eigenvalue weighted by Gasteiger charge is -2.18. The number of ether oxygens (including phenoxy) is 2. The molecule has 3 aromatic carbocycles. The van der Waals surface area contributed by atoms with Crippen molar-refractivity contribution in [2.75, 3.05) is 7.11 Å². The molecular weight excluding hydrogens is 382 g/mol. The van der Waals surface area contributed by atoms with Crippen molar-refractivity contribution in [3.05, 3.63) is 94.5 Å². The first-order valence-corrected chi connectivity index (χ1v) is 10.3. The highest BCUT2D eigenvalue weighted by atomic mass is 35.5. The molecule has 0 spiro atoms. The van der Waals surface area contributed by atoms with E-state index in [4.69, 9.17) is 21.1 Å². The molecule has 3 aromatic rings. The van der Waals surface area contributed by atoms with Crippen LogP contribution in [0, 0.1) is 0 Å². The Bertz CT molecular complexity index is 898. The second-order valence-electron chi connectivity index (χ2n) is 7.13. The van der Waals surface area contributed by atoms with Gasteiger partial charge in [0.05, 0.1) is 7.11 Å². The zero-order valence-corrected chi connectivity index (χ0v) is 17.8. The Morgan fingerprint density at radius 2 is 1.62 bits per heavy atom. The molecule has 0 unspecified atom stereocenters. The van der Waals surface area contributed by atoms with Crippen LogP contribution >= 0.6 is 11.6 Å². The van der Waals surface area contributed by atoms with E-state index < -0.39 is 0 Å². The smallest absolute Gasteiger partial charge is 0.166 e. The summed E-state index contributed by atoms with van der Waals surface area (Å²) >= 11 is 6.27. The van der Waals surface area contributed by atoms with Crippen LogP contribution in [0.15, 0.2) is 72.8 Å². The number of benzene rings is 3. The number of nitrogens with one attached hydrogen (secondary N) is 1. The summed E-state index contributed by atoms with van der Waals surface area (Å²) in [6, 6.07) is 24.7. The molecule has 4 heteroatoms. The van der Waals surface area contributed by atoms with E-state index in [9.17, 15) is 0 Å². The molecule has 0 heterocycles. The molecule has 0 aliphatic carbocycles. The van der Waals surface area contributed by atoms with E-state index in [1.54, 1.807) is 7.11 Å². The summed E-state index contributed by atoms with van der Waals surface area (Å²) < 4.78 is 11.7. The van der Waals surface area contributed by atoms with E-state index in [0.717, 1.165) is 35.5 Å². The summed E-state index contributed by atoms with van der Waals surface area (Å²) in [5.74, 6) is 1.49. The maximum Gasteiger partial charge on any atom is 0.166 e. The predicted octanol–water partition coefficient (Wildman–Crippen LogP) is 6.04. The van der Waals surface area contributed by atoms with E-state index in [-0.39, 0.29) is 0 Å². The Morgan fingerprint density at radius 1 is 0.897 bits per heavy atom. The number of hydrogen-bond acceptors (Lipinski definition) is 3. The molecule has 0 saturated heterocycles. The number of aryl methyl sites for hydroxylation is 1. The zero-order valence-electron chi connectivity index (χ0n) is 17.0. The Morgan fingerprint density at radius 3 is 2.38 bits per heavy atom. The van der Waals surface area contributed by atoms with E-state index in [2.05, 4.69) is 48.6 Å². The third-order valence-corrected chi connectivity index (χ3v) is 5.33. The number of para-hydroxylation sites is 1. The maximum absolute atomic E-state index is 6.27. The minimum atomic E-state index is 0.387. The molecule has 0 aliphatic rings. The van der Waals surface area contributed by atoms with E-state index in [1.165, 1.54) is 5.56 Å². The summed E-state index contributed by atoms with van der Waals surface area (Å²) in [4.78, 5) is 0. The van der Waals surface area contributed by atoms with Crippen LogP contribution in [-0.4, -0.2) is 13.2 Å². The van der Waals surface area contributed by atoms with Crippen molar-refractivity contribution in [2.45, 2.75) is 39.0 Å². The average Bonchev–Trinajstić information content (AvgIpc) is 2.76. The van der Waals surface area contributed by atoms with E-state index in [0.29, 0.717) is 24.2 Å². The molecule has 1 atom stereocenters. The number of hydrogen-bond donors (Lipinski definition) is 1. The highest BCUT2D eigenvalue weighted by Gasteiger charge is 2.13. The van der Waals surface area contributed by atoms with Crippen LogP contribution in [0.4, 0.5) is 0 Å². The zero-order chi connectivity index (χ0) is 20.5.